The Labute approximate surface area is 105 Å². The number of allylic oxidation sites excluding steroid dienone is 1. The van der Waals surface area contributed by atoms with Gasteiger partial charge in [-0.25, -0.2) is 0 Å². The predicted octanol–water partition coefficient (Wildman–Crippen LogP) is 2.16. The standard InChI is InChI=1S/C14H14O4/c1-8(15)11-4-5-14(18)12(6-11)7-13(9(2)16)10(3)17/h4-7,18H,1-3H3. The van der Waals surface area contributed by atoms with Gasteiger partial charge in [-0.05, 0) is 45.0 Å². The molecular formula is C14H14O4. The summed E-state index contributed by atoms with van der Waals surface area (Å²) in [5, 5.41) is 9.65. The number of phenolic OH excluding ortho intramolecular Hbond substituents is 1. The lowest BCUT2D eigenvalue weighted by atomic mass is 10.0. The van der Waals surface area contributed by atoms with Gasteiger partial charge in [-0.1, -0.05) is 0 Å². The van der Waals surface area contributed by atoms with E-state index in [1.165, 1.54) is 45.0 Å². The zero-order chi connectivity index (χ0) is 13.9. The van der Waals surface area contributed by atoms with Crippen molar-refractivity contribution in [3.63, 3.8) is 0 Å². The van der Waals surface area contributed by atoms with Crippen molar-refractivity contribution >= 4 is 23.4 Å². The Balaban J connectivity index is 3.36. The van der Waals surface area contributed by atoms with Gasteiger partial charge in [0.25, 0.3) is 0 Å². The van der Waals surface area contributed by atoms with Gasteiger partial charge >= 0.3 is 0 Å². The number of aromatic hydroxyl groups is 1. The van der Waals surface area contributed by atoms with Crippen LogP contribution in [0.3, 0.4) is 0 Å². The minimum Gasteiger partial charge on any atom is -0.507 e. The molecule has 0 saturated heterocycles. The first-order chi connectivity index (χ1) is 8.32. The molecule has 0 atom stereocenters. The number of hydrogen-bond acceptors (Lipinski definition) is 4. The van der Waals surface area contributed by atoms with Crippen molar-refractivity contribution in [2.75, 3.05) is 0 Å². The van der Waals surface area contributed by atoms with Crippen LogP contribution in [0.25, 0.3) is 6.08 Å². The van der Waals surface area contributed by atoms with Gasteiger partial charge in [0.2, 0.25) is 0 Å². The number of ketones is 3. The summed E-state index contributed by atoms with van der Waals surface area (Å²) in [7, 11) is 0. The summed E-state index contributed by atoms with van der Waals surface area (Å²) in [5.74, 6) is -0.998. The first-order valence-corrected chi connectivity index (χ1v) is 5.40. The molecule has 94 valence electrons. The molecule has 0 spiro atoms. The van der Waals surface area contributed by atoms with Crippen LogP contribution < -0.4 is 0 Å². The van der Waals surface area contributed by atoms with E-state index in [9.17, 15) is 19.5 Å². The summed E-state index contributed by atoms with van der Waals surface area (Å²) < 4.78 is 0. The first-order valence-electron chi connectivity index (χ1n) is 5.40. The van der Waals surface area contributed by atoms with Crippen molar-refractivity contribution in [3.05, 3.63) is 34.9 Å². The highest BCUT2D eigenvalue weighted by molar-refractivity contribution is 6.21. The largest absolute Gasteiger partial charge is 0.507 e. The van der Waals surface area contributed by atoms with Crippen molar-refractivity contribution in [1.82, 2.24) is 0 Å². The summed E-state index contributed by atoms with van der Waals surface area (Å²) >= 11 is 0. The molecule has 0 aromatic heterocycles. The second kappa shape index (κ2) is 5.40. The van der Waals surface area contributed by atoms with E-state index >= 15 is 0 Å². The SMILES string of the molecule is CC(=O)C(=Cc1cc(C(C)=O)ccc1O)C(C)=O. The molecule has 1 rings (SSSR count). The maximum Gasteiger partial charge on any atom is 0.163 e. The molecule has 0 aliphatic rings. The van der Waals surface area contributed by atoms with E-state index in [2.05, 4.69) is 0 Å². The summed E-state index contributed by atoms with van der Waals surface area (Å²) in [5.41, 5.74) is 0.680. The molecule has 0 heterocycles. The summed E-state index contributed by atoms with van der Waals surface area (Å²) in [6.45, 7) is 3.95. The van der Waals surface area contributed by atoms with Gasteiger partial charge in [-0.15, -0.1) is 0 Å². The number of rotatable bonds is 4. The van der Waals surface area contributed by atoms with Crippen molar-refractivity contribution in [2.45, 2.75) is 20.8 Å². The quantitative estimate of drug-likeness (QED) is 0.382. The van der Waals surface area contributed by atoms with E-state index in [0.29, 0.717) is 5.56 Å². The summed E-state index contributed by atoms with van der Waals surface area (Å²) in [6.07, 6.45) is 1.30. The minimum absolute atomic E-state index is 0.00833. The van der Waals surface area contributed by atoms with Gasteiger partial charge in [0, 0.05) is 11.1 Å². The van der Waals surface area contributed by atoms with Gasteiger partial charge in [0.05, 0.1) is 5.57 Å². The van der Waals surface area contributed by atoms with E-state index in [0.717, 1.165) is 0 Å². The van der Waals surface area contributed by atoms with E-state index in [4.69, 9.17) is 0 Å². The topological polar surface area (TPSA) is 71.4 Å². The van der Waals surface area contributed by atoms with Crippen LogP contribution in [0.2, 0.25) is 0 Å². The number of benzene rings is 1. The van der Waals surface area contributed by atoms with Crippen LogP contribution >= 0.6 is 0 Å². The Morgan fingerprint density at radius 2 is 1.61 bits per heavy atom. The Morgan fingerprint density at radius 3 is 2.06 bits per heavy atom. The van der Waals surface area contributed by atoms with Crippen molar-refractivity contribution < 1.29 is 19.5 Å². The fourth-order valence-corrected chi connectivity index (χ4v) is 1.50. The highest BCUT2D eigenvalue weighted by Crippen LogP contribution is 2.22. The lowest BCUT2D eigenvalue weighted by Gasteiger charge is -2.04. The molecule has 1 N–H and O–H groups in total. The van der Waals surface area contributed by atoms with Crippen LogP contribution in [-0.4, -0.2) is 22.5 Å². The molecule has 0 aliphatic heterocycles. The first kappa shape index (κ1) is 13.8. The highest BCUT2D eigenvalue weighted by Gasteiger charge is 2.11. The molecule has 0 fully saturated rings. The third-order valence-corrected chi connectivity index (χ3v) is 2.49. The average Bonchev–Trinajstić information content (AvgIpc) is 2.26. The molecule has 0 unspecified atom stereocenters. The Morgan fingerprint density at radius 1 is 1.06 bits per heavy atom. The fourth-order valence-electron chi connectivity index (χ4n) is 1.50. The molecule has 0 aliphatic carbocycles. The molecule has 0 radical (unpaired) electrons. The zero-order valence-corrected chi connectivity index (χ0v) is 10.5. The van der Waals surface area contributed by atoms with Crippen molar-refractivity contribution in [2.24, 2.45) is 0 Å². The number of carbonyl (C=O) groups excluding carboxylic acids is 3. The molecular weight excluding hydrogens is 232 g/mol. The maximum atomic E-state index is 11.3. The smallest absolute Gasteiger partial charge is 0.163 e. The van der Waals surface area contributed by atoms with Crippen LogP contribution in [0.4, 0.5) is 0 Å². The molecule has 1 aromatic carbocycles. The van der Waals surface area contributed by atoms with Gasteiger partial charge in [0.1, 0.15) is 5.75 Å². The van der Waals surface area contributed by atoms with Crippen LogP contribution in [0.15, 0.2) is 23.8 Å². The lowest BCUT2D eigenvalue weighted by molar-refractivity contribution is -0.119. The molecule has 0 bridgehead atoms. The number of hydrogen-bond donors (Lipinski definition) is 1. The predicted molar refractivity (Wildman–Crippen MR) is 67.5 cm³/mol. The van der Waals surface area contributed by atoms with E-state index in [1.54, 1.807) is 0 Å². The summed E-state index contributed by atoms with van der Waals surface area (Å²) in [4.78, 5) is 33.8. The Bertz CT molecular complexity index is 537. The summed E-state index contributed by atoms with van der Waals surface area (Å²) in [6, 6.07) is 4.29. The van der Waals surface area contributed by atoms with Crippen LogP contribution in [0, 0.1) is 0 Å². The third kappa shape index (κ3) is 3.13. The molecule has 0 saturated carbocycles. The van der Waals surface area contributed by atoms with Crippen molar-refractivity contribution in [3.8, 4) is 5.75 Å². The molecule has 4 heteroatoms. The monoisotopic (exact) mass is 246 g/mol. The van der Waals surface area contributed by atoms with Crippen LogP contribution in [-0.2, 0) is 9.59 Å². The molecule has 0 amide bonds. The zero-order valence-electron chi connectivity index (χ0n) is 10.5. The molecule has 4 nitrogen and oxygen atoms in total. The molecule has 18 heavy (non-hydrogen) atoms. The average molecular weight is 246 g/mol. The second-order valence-electron chi connectivity index (χ2n) is 4.00. The van der Waals surface area contributed by atoms with Gasteiger partial charge in [0.15, 0.2) is 17.3 Å². The van der Waals surface area contributed by atoms with Gasteiger partial charge < -0.3 is 5.11 Å². The number of carbonyl (C=O) groups is 3. The van der Waals surface area contributed by atoms with Gasteiger partial charge in [-0.2, -0.15) is 0 Å². The lowest BCUT2D eigenvalue weighted by Crippen LogP contribution is -2.05. The van der Waals surface area contributed by atoms with Gasteiger partial charge in [-0.3, -0.25) is 14.4 Å². The normalized spacial score (nSPS) is 9.72. The minimum atomic E-state index is -0.380. The fraction of sp³-hybridized carbons (Fsp3) is 0.214. The highest BCUT2D eigenvalue weighted by atomic mass is 16.3. The second-order valence-corrected chi connectivity index (χ2v) is 4.00. The van der Waals surface area contributed by atoms with Crippen LogP contribution in [0.5, 0.6) is 5.75 Å². The third-order valence-electron chi connectivity index (χ3n) is 2.49. The van der Waals surface area contributed by atoms with E-state index in [-0.39, 0.29) is 34.2 Å². The van der Waals surface area contributed by atoms with Crippen LogP contribution in [0.1, 0.15) is 36.7 Å². The van der Waals surface area contributed by atoms with E-state index in [1.807, 2.05) is 0 Å². The van der Waals surface area contributed by atoms with E-state index < -0.39 is 0 Å². The Kier molecular flexibility index (Phi) is 4.15. The maximum absolute atomic E-state index is 11.3. The molecule has 1 aromatic rings. The number of Topliss-reactive ketones (excluding diaryl/α,β-unsaturated/α-hetero) is 3. The number of phenols is 1. The Hall–Kier alpha value is -2.23. The van der Waals surface area contributed by atoms with Crippen molar-refractivity contribution in [1.29, 1.82) is 0 Å².